The number of nitrogens with one attached hydrogen (secondary N) is 1. The summed E-state index contributed by atoms with van der Waals surface area (Å²) in [4.78, 5) is 47.8. The molecule has 0 radical (unpaired) electrons. The zero-order valence-corrected chi connectivity index (χ0v) is 15.7. The fourth-order valence-corrected chi connectivity index (χ4v) is 2.77. The number of hydrogen-bond acceptors (Lipinski definition) is 6. The highest BCUT2D eigenvalue weighted by molar-refractivity contribution is 6.22. The number of carbonyl (C=O) groups is 4. The number of carboxylic acids is 1. The molecule has 1 rings (SSSR count). The van der Waals surface area contributed by atoms with E-state index >= 15 is 0 Å². The lowest BCUT2D eigenvalue weighted by Gasteiger charge is -2.30. The van der Waals surface area contributed by atoms with Gasteiger partial charge in [-0.05, 0) is 33.1 Å². The summed E-state index contributed by atoms with van der Waals surface area (Å²) in [5.74, 6) is -2.56. The van der Waals surface area contributed by atoms with Crippen LogP contribution in [0.4, 0.5) is 0 Å². The molecule has 0 heterocycles. The van der Waals surface area contributed by atoms with Crippen molar-refractivity contribution in [3.63, 3.8) is 0 Å². The smallest absolute Gasteiger partial charge is 0.326 e. The van der Waals surface area contributed by atoms with Crippen molar-refractivity contribution < 1.29 is 29.0 Å². The van der Waals surface area contributed by atoms with E-state index in [2.05, 4.69) is 5.32 Å². The average molecular weight is 353 g/mol. The molecule has 0 bridgehead atoms. The maximum atomic E-state index is 12.3. The molecule has 7 heteroatoms. The van der Waals surface area contributed by atoms with Gasteiger partial charge in [0.25, 0.3) is 0 Å². The summed E-state index contributed by atoms with van der Waals surface area (Å²) in [6.07, 6.45) is 0.0267. The summed E-state index contributed by atoms with van der Waals surface area (Å²) < 4.78 is 5.12. The van der Waals surface area contributed by atoms with E-state index < -0.39 is 35.4 Å². The molecule has 1 saturated carbocycles. The highest BCUT2D eigenvalue weighted by atomic mass is 16.6. The van der Waals surface area contributed by atoms with E-state index in [-0.39, 0.29) is 35.7 Å². The maximum Gasteiger partial charge on any atom is 0.326 e. The average Bonchev–Trinajstić information content (AvgIpc) is 2.32. The first-order valence-electron chi connectivity index (χ1n) is 8.20. The number of Topliss-reactive ketones (excluding diaryl/α,β-unsaturated/α-hetero) is 2. The quantitative estimate of drug-likeness (QED) is 0.442. The molecular weight excluding hydrogens is 326 g/mol. The highest BCUT2D eigenvalue weighted by Gasteiger charge is 2.37. The number of esters is 1. The molecule has 0 spiro atoms. The third-order valence-corrected chi connectivity index (χ3v) is 3.69. The van der Waals surface area contributed by atoms with Crippen molar-refractivity contribution in [2.75, 3.05) is 0 Å². The van der Waals surface area contributed by atoms with Crippen molar-refractivity contribution in [3.05, 3.63) is 11.3 Å². The van der Waals surface area contributed by atoms with E-state index in [1.165, 1.54) is 6.92 Å². The van der Waals surface area contributed by atoms with Crippen LogP contribution in [0, 0.1) is 5.41 Å². The summed E-state index contributed by atoms with van der Waals surface area (Å²) in [5, 5.41) is 11.9. The third-order valence-electron chi connectivity index (χ3n) is 3.69. The van der Waals surface area contributed by atoms with Gasteiger partial charge in [0.15, 0.2) is 11.6 Å². The van der Waals surface area contributed by atoms with Crippen LogP contribution in [0.25, 0.3) is 0 Å². The summed E-state index contributed by atoms with van der Waals surface area (Å²) >= 11 is 0. The van der Waals surface area contributed by atoms with Crippen LogP contribution < -0.4 is 5.32 Å². The minimum atomic E-state index is -1.28. The molecular formula is C18H27NO6. The molecule has 0 aromatic heterocycles. The first kappa shape index (κ1) is 20.9. The van der Waals surface area contributed by atoms with Crippen molar-refractivity contribution >= 4 is 23.5 Å². The van der Waals surface area contributed by atoms with Gasteiger partial charge in [-0.15, -0.1) is 0 Å². The molecule has 2 N–H and O–H groups in total. The van der Waals surface area contributed by atoms with Gasteiger partial charge in [-0.2, -0.15) is 0 Å². The molecule has 0 aliphatic heterocycles. The lowest BCUT2D eigenvalue weighted by molar-refractivity contribution is -0.158. The molecule has 0 aromatic carbocycles. The molecule has 140 valence electrons. The zero-order valence-electron chi connectivity index (χ0n) is 15.7. The van der Waals surface area contributed by atoms with Crippen LogP contribution in [-0.4, -0.2) is 40.3 Å². The molecule has 0 saturated heterocycles. The molecule has 1 aliphatic rings. The number of carboxylic acid groups (broad SMARTS) is 1. The SMILES string of the molecule is CC(N[C@@H](CC(=O)OC(C)(C)C)C(=O)O)=C1C(=O)CC(C)(C)CC1=O. The second-order valence-electron chi connectivity index (χ2n) is 8.19. The molecule has 0 unspecified atom stereocenters. The minimum absolute atomic E-state index is 0.00485. The Morgan fingerprint density at radius 2 is 1.68 bits per heavy atom. The van der Waals surface area contributed by atoms with Gasteiger partial charge in [0.05, 0.1) is 12.0 Å². The van der Waals surface area contributed by atoms with E-state index in [4.69, 9.17) is 4.74 Å². The summed E-state index contributed by atoms with van der Waals surface area (Å²) in [5.41, 5.74) is -0.953. The predicted octanol–water partition coefficient (Wildman–Crippen LogP) is 1.99. The maximum absolute atomic E-state index is 12.3. The minimum Gasteiger partial charge on any atom is -0.480 e. The van der Waals surface area contributed by atoms with Crippen LogP contribution >= 0.6 is 0 Å². The summed E-state index contributed by atoms with van der Waals surface area (Å²) in [7, 11) is 0. The lowest BCUT2D eigenvalue weighted by atomic mass is 9.73. The van der Waals surface area contributed by atoms with Gasteiger partial charge in [-0.3, -0.25) is 14.4 Å². The fourth-order valence-electron chi connectivity index (χ4n) is 2.77. The number of carbonyl (C=O) groups excluding carboxylic acids is 3. The molecule has 25 heavy (non-hydrogen) atoms. The first-order valence-corrected chi connectivity index (χ1v) is 8.20. The Hall–Kier alpha value is -2.18. The van der Waals surface area contributed by atoms with E-state index in [9.17, 15) is 24.3 Å². The van der Waals surface area contributed by atoms with E-state index in [1.807, 2.05) is 13.8 Å². The molecule has 1 fully saturated rings. The van der Waals surface area contributed by atoms with E-state index in [0.717, 1.165) is 0 Å². The second kappa shape index (κ2) is 7.37. The van der Waals surface area contributed by atoms with E-state index in [1.54, 1.807) is 20.8 Å². The van der Waals surface area contributed by atoms with Crippen molar-refractivity contribution in [1.29, 1.82) is 0 Å². The Bertz CT molecular complexity index is 602. The van der Waals surface area contributed by atoms with Crippen LogP contribution in [0.3, 0.4) is 0 Å². The lowest BCUT2D eigenvalue weighted by Crippen LogP contribution is -2.41. The normalized spacial score (nSPS) is 18.6. The van der Waals surface area contributed by atoms with Crippen molar-refractivity contribution in [2.45, 2.75) is 72.4 Å². The number of rotatable bonds is 5. The molecule has 7 nitrogen and oxygen atoms in total. The van der Waals surface area contributed by atoms with Gasteiger partial charge < -0.3 is 15.2 Å². The summed E-state index contributed by atoms with van der Waals surface area (Å²) in [6.45, 7) is 10.2. The predicted molar refractivity (Wildman–Crippen MR) is 90.8 cm³/mol. The molecule has 1 aliphatic carbocycles. The summed E-state index contributed by atoms with van der Waals surface area (Å²) in [6, 6.07) is -1.28. The third kappa shape index (κ3) is 6.32. The van der Waals surface area contributed by atoms with Crippen molar-refractivity contribution in [2.24, 2.45) is 5.41 Å². The van der Waals surface area contributed by atoms with Crippen LogP contribution in [0.5, 0.6) is 0 Å². The molecule has 0 amide bonds. The van der Waals surface area contributed by atoms with Gasteiger partial charge in [-0.1, -0.05) is 13.8 Å². The standard InChI is InChI=1S/C18H27NO6/c1-10(15-12(20)8-18(5,6)9-13(15)21)19-11(16(23)24)7-14(22)25-17(2,3)4/h11,19H,7-9H2,1-6H3,(H,23,24)/t11-/m0/s1. The van der Waals surface area contributed by atoms with Crippen LogP contribution in [0.15, 0.2) is 11.3 Å². The van der Waals surface area contributed by atoms with Crippen LogP contribution in [0.1, 0.15) is 60.8 Å². The topological polar surface area (TPSA) is 110 Å². The highest BCUT2D eigenvalue weighted by Crippen LogP contribution is 2.34. The number of aliphatic carboxylic acids is 1. The Balaban J connectivity index is 2.94. The van der Waals surface area contributed by atoms with E-state index in [0.29, 0.717) is 0 Å². The van der Waals surface area contributed by atoms with Crippen molar-refractivity contribution in [3.8, 4) is 0 Å². The first-order chi connectivity index (χ1) is 11.2. The van der Waals surface area contributed by atoms with Crippen LogP contribution in [-0.2, 0) is 23.9 Å². The second-order valence-corrected chi connectivity index (χ2v) is 8.19. The monoisotopic (exact) mass is 353 g/mol. The molecule has 1 atom stereocenters. The Morgan fingerprint density at radius 1 is 1.20 bits per heavy atom. The number of ketones is 2. The van der Waals surface area contributed by atoms with Gasteiger partial charge >= 0.3 is 11.9 Å². The molecule has 0 aromatic rings. The van der Waals surface area contributed by atoms with Gasteiger partial charge in [0.2, 0.25) is 0 Å². The Labute approximate surface area is 147 Å². The Morgan fingerprint density at radius 3 is 2.08 bits per heavy atom. The zero-order chi connectivity index (χ0) is 19.6. The largest absolute Gasteiger partial charge is 0.480 e. The number of hydrogen-bond donors (Lipinski definition) is 2. The Kier molecular flexibility index (Phi) is 6.15. The van der Waals surface area contributed by atoms with Gasteiger partial charge in [0, 0.05) is 18.5 Å². The van der Waals surface area contributed by atoms with Crippen molar-refractivity contribution in [1.82, 2.24) is 5.32 Å². The number of ether oxygens (including phenoxy) is 1. The van der Waals surface area contributed by atoms with Gasteiger partial charge in [-0.25, -0.2) is 4.79 Å². The van der Waals surface area contributed by atoms with Crippen LogP contribution in [0.2, 0.25) is 0 Å². The van der Waals surface area contributed by atoms with Gasteiger partial charge in [0.1, 0.15) is 11.6 Å². The fraction of sp³-hybridized carbons (Fsp3) is 0.667. The number of allylic oxidation sites excluding steroid dienone is 2.